The third-order valence-corrected chi connectivity index (χ3v) is 4.28. The summed E-state index contributed by atoms with van der Waals surface area (Å²) in [6, 6.07) is 0.539. The molecule has 2 heterocycles. The Labute approximate surface area is 112 Å². The molecule has 5 heteroatoms. The lowest BCUT2D eigenvalue weighted by Crippen LogP contribution is -2.23. The van der Waals surface area contributed by atoms with Crippen molar-refractivity contribution >= 4 is 11.3 Å². The molecule has 2 unspecified atom stereocenters. The van der Waals surface area contributed by atoms with Crippen LogP contribution in [0.4, 0.5) is 0 Å². The largest absolute Gasteiger partial charge is 0.301 e. The van der Waals surface area contributed by atoms with Crippen molar-refractivity contribution in [3.8, 4) is 0 Å². The van der Waals surface area contributed by atoms with Crippen molar-refractivity contribution in [3.63, 3.8) is 0 Å². The first kappa shape index (κ1) is 13.2. The molecule has 2 rings (SSSR count). The molecule has 18 heavy (non-hydrogen) atoms. The second-order valence-corrected chi connectivity index (χ2v) is 5.61. The third-order valence-electron chi connectivity index (χ3n) is 3.32. The summed E-state index contributed by atoms with van der Waals surface area (Å²) in [7, 11) is 1.99. The quantitative estimate of drug-likeness (QED) is 0.923. The van der Waals surface area contributed by atoms with Gasteiger partial charge in [-0.15, -0.1) is 11.3 Å². The van der Waals surface area contributed by atoms with Crippen LogP contribution in [-0.2, 0) is 7.05 Å². The highest BCUT2D eigenvalue weighted by molar-refractivity contribution is 7.09. The second-order valence-electron chi connectivity index (χ2n) is 4.69. The zero-order valence-electron chi connectivity index (χ0n) is 11.6. The first-order chi connectivity index (χ1) is 8.50. The standard InChI is InChI=1S/C13H20N4S/c1-8(12-9(2)16-17(5)11(12)4)15-10(3)13-14-6-7-18-13/h6-8,10,15H,1-5H3. The van der Waals surface area contributed by atoms with E-state index >= 15 is 0 Å². The number of nitrogens with one attached hydrogen (secondary N) is 1. The lowest BCUT2D eigenvalue weighted by molar-refractivity contribution is 0.489. The van der Waals surface area contributed by atoms with Gasteiger partial charge in [0.05, 0.1) is 11.7 Å². The van der Waals surface area contributed by atoms with Crippen molar-refractivity contribution < 1.29 is 0 Å². The Balaban J connectivity index is 2.15. The van der Waals surface area contributed by atoms with E-state index in [1.807, 2.05) is 23.3 Å². The predicted molar refractivity (Wildman–Crippen MR) is 74.8 cm³/mol. The maximum absolute atomic E-state index is 4.47. The predicted octanol–water partition coefficient (Wildman–Crippen LogP) is 2.91. The number of rotatable bonds is 4. The molecule has 0 saturated carbocycles. The van der Waals surface area contributed by atoms with Crippen LogP contribution in [0.1, 0.15) is 47.9 Å². The van der Waals surface area contributed by atoms with Crippen LogP contribution in [0.3, 0.4) is 0 Å². The van der Waals surface area contributed by atoms with E-state index in [2.05, 4.69) is 43.1 Å². The smallest absolute Gasteiger partial charge is 0.109 e. The molecule has 0 amide bonds. The Morgan fingerprint density at radius 3 is 2.50 bits per heavy atom. The molecule has 0 aliphatic carbocycles. The highest BCUT2D eigenvalue weighted by Gasteiger charge is 2.19. The van der Waals surface area contributed by atoms with E-state index in [-0.39, 0.29) is 12.1 Å². The lowest BCUT2D eigenvalue weighted by Gasteiger charge is -2.19. The van der Waals surface area contributed by atoms with Gasteiger partial charge in [0.2, 0.25) is 0 Å². The average Bonchev–Trinajstić information content (AvgIpc) is 2.88. The first-order valence-electron chi connectivity index (χ1n) is 6.16. The van der Waals surface area contributed by atoms with Crippen molar-refractivity contribution in [2.45, 2.75) is 39.8 Å². The van der Waals surface area contributed by atoms with Gasteiger partial charge in [-0.2, -0.15) is 5.10 Å². The summed E-state index contributed by atoms with van der Waals surface area (Å²) in [5, 5.41) is 11.2. The average molecular weight is 264 g/mol. The number of aryl methyl sites for hydroxylation is 2. The van der Waals surface area contributed by atoms with Crippen LogP contribution in [0.5, 0.6) is 0 Å². The minimum absolute atomic E-state index is 0.263. The molecule has 2 atom stereocenters. The monoisotopic (exact) mass is 264 g/mol. The molecule has 98 valence electrons. The van der Waals surface area contributed by atoms with Gasteiger partial charge in [-0.1, -0.05) is 0 Å². The highest BCUT2D eigenvalue weighted by Crippen LogP contribution is 2.24. The summed E-state index contributed by atoms with van der Waals surface area (Å²) in [6.07, 6.45) is 1.85. The summed E-state index contributed by atoms with van der Waals surface area (Å²) in [5.41, 5.74) is 3.61. The summed E-state index contributed by atoms with van der Waals surface area (Å²) in [5.74, 6) is 0. The lowest BCUT2D eigenvalue weighted by atomic mass is 10.1. The van der Waals surface area contributed by atoms with Crippen molar-refractivity contribution in [3.05, 3.63) is 33.5 Å². The minimum atomic E-state index is 0.263. The van der Waals surface area contributed by atoms with Gasteiger partial charge in [-0.05, 0) is 27.7 Å². The number of hydrogen-bond donors (Lipinski definition) is 1. The molecule has 0 spiro atoms. The van der Waals surface area contributed by atoms with Crippen LogP contribution < -0.4 is 5.32 Å². The fraction of sp³-hybridized carbons (Fsp3) is 0.538. The van der Waals surface area contributed by atoms with Crippen LogP contribution in [0, 0.1) is 13.8 Å². The Kier molecular flexibility index (Phi) is 3.82. The van der Waals surface area contributed by atoms with Gasteiger partial charge in [0.15, 0.2) is 0 Å². The van der Waals surface area contributed by atoms with Crippen LogP contribution in [0.2, 0.25) is 0 Å². The van der Waals surface area contributed by atoms with E-state index in [1.165, 1.54) is 11.3 Å². The van der Waals surface area contributed by atoms with Crippen molar-refractivity contribution in [1.29, 1.82) is 0 Å². The zero-order chi connectivity index (χ0) is 13.3. The third kappa shape index (κ3) is 2.47. The summed E-state index contributed by atoms with van der Waals surface area (Å²) in [4.78, 5) is 4.35. The fourth-order valence-corrected chi connectivity index (χ4v) is 3.05. The van der Waals surface area contributed by atoms with Gasteiger partial charge in [0.1, 0.15) is 5.01 Å². The van der Waals surface area contributed by atoms with E-state index in [4.69, 9.17) is 0 Å². The topological polar surface area (TPSA) is 42.7 Å². The van der Waals surface area contributed by atoms with E-state index in [0.717, 1.165) is 10.7 Å². The number of hydrogen-bond acceptors (Lipinski definition) is 4. The molecule has 0 fully saturated rings. The Hall–Kier alpha value is -1.20. The van der Waals surface area contributed by atoms with Gasteiger partial charge in [0.25, 0.3) is 0 Å². The maximum atomic E-state index is 4.47. The molecule has 0 bridgehead atoms. The summed E-state index contributed by atoms with van der Waals surface area (Å²) in [6.45, 7) is 8.51. The van der Waals surface area contributed by atoms with E-state index in [0.29, 0.717) is 0 Å². The van der Waals surface area contributed by atoms with E-state index < -0.39 is 0 Å². The molecule has 2 aromatic rings. The van der Waals surface area contributed by atoms with Crippen LogP contribution in [0.25, 0.3) is 0 Å². The van der Waals surface area contributed by atoms with Gasteiger partial charge < -0.3 is 5.32 Å². The molecule has 1 N–H and O–H groups in total. The number of nitrogens with zero attached hydrogens (tertiary/aromatic N) is 3. The second kappa shape index (κ2) is 5.20. The van der Waals surface area contributed by atoms with Gasteiger partial charge in [-0.3, -0.25) is 4.68 Å². The summed E-state index contributed by atoms with van der Waals surface area (Å²) >= 11 is 1.69. The van der Waals surface area contributed by atoms with Crippen molar-refractivity contribution in [1.82, 2.24) is 20.1 Å². The molecule has 0 aliphatic heterocycles. The Morgan fingerprint density at radius 2 is 2.00 bits per heavy atom. The van der Waals surface area contributed by atoms with Gasteiger partial charge in [0, 0.05) is 35.9 Å². The molecule has 0 aliphatic rings. The minimum Gasteiger partial charge on any atom is -0.301 e. The van der Waals surface area contributed by atoms with Crippen molar-refractivity contribution in [2.24, 2.45) is 7.05 Å². The molecular weight excluding hydrogens is 244 g/mol. The van der Waals surface area contributed by atoms with Gasteiger partial charge >= 0.3 is 0 Å². The molecule has 4 nitrogen and oxygen atoms in total. The normalized spacial score (nSPS) is 14.7. The first-order valence-corrected chi connectivity index (χ1v) is 7.04. The molecule has 0 radical (unpaired) electrons. The molecule has 0 aromatic carbocycles. The Morgan fingerprint density at radius 1 is 1.28 bits per heavy atom. The van der Waals surface area contributed by atoms with E-state index in [9.17, 15) is 0 Å². The van der Waals surface area contributed by atoms with Gasteiger partial charge in [-0.25, -0.2) is 4.98 Å². The van der Waals surface area contributed by atoms with Crippen LogP contribution in [0.15, 0.2) is 11.6 Å². The van der Waals surface area contributed by atoms with Crippen LogP contribution >= 0.6 is 11.3 Å². The molecule has 2 aromatic heterocycles. The zero-order valence-corrected chi connectivity index (χ0v) is 12.4. The fourth-order valence-electron chi connectivity index (χ4n) is 2.39. The molecule has 0 saturated heterocycles. The number of thiazole rings is 1. The van der Waals surface area contributed by atoms with Crippen LogP contribution in [-0.4, -0.2) is 14.8 Å². The van der Waals surface area contributed by atoms with Crippen molar-refractivity contribution in [2.75, 3.05) is 0 Å². The number of aromatic nitrogens is 3. The summed E-state index contributed by atoms with van der Waals surface area (Å²) < 4.78 is 1.94. The van der Waals surface area contributed by atoms with E-state index in [1.54, 1.807) is 11.3 Å². The maximum Gasteiger partial charge on any atom is 0.109 e. The molecular formula is C13H20N4S. The Bertz CT molecular complexity index is 515. The highest BCUT2D eigenvalue weighted by atomic mass is 32.1. The SMILES string of the molecule is Cc1nn(C)c(C)c1C(C)NC(C)c1nccs1.